The lowest BCUT2D eigenvalue weighted by atomic mass is 9.63. The van der Waals surface area contributed by atoms with Gasteiger partial charge in [0.15, 0.2) is 11.6 Å². The summed E-state index contributed by atoms with van der Waals surface area (Å²) >= 11 is 0. The summed E-state index contributed by atoms with van der Waals surface area (Å²) in [5.41, 5.74) is 1.16. The van der Waals surface area contributed by atoms with Crippen LogP contribution in [0.15, 0.2) is 36.4 Å². The molecule has 0 radical (unpaired) electrons. The minimum atomic E-state index is -0.887. The molecule has 0 heterocycles. The highest BCUT2D eigenvalue weighted by atomic mass is 19.2. The first kappa shape index (κ1) is 21.3. The van der Waals surface area contributed by atoms with Crippen LogP contribution < -0.4 is 4.74 Å². The fourth-order valence-electron chi connectivity index (χ4n) is 5.87. The van der Waals surface area contributed by atoms with E-state index in [1.165, 1.54) is 51.4 Å². The van der Waals surface area contributed by atoms with Crippen molar-refractivity contribution in [3.05, 3.63) is 53.6 Å². The zero-order valence-electron chi connectivity index (χ0n) is 18.3. The lowest BCUT2D eigenvalue weighted by molar-refractivity contribution is 0.114. The molecule has 0 aliphatic heterocycles. The van der Waals surface area contributed by atoms with Crippen molar-refractivity contribution in [2.24, 2.45) is 17.8 Å². The van der Waals surface area contributed by atoms with Gasteiger partial charge in [0.2, 0.25) is 5.82 Å². The summed E-state index contributed by atoms with van der Waals surface area (Å²) in [7, 11) is 0. The third-order valence-corrected chi connectivity index (χ3v) is 7.47. The van der Waals surface area contributed by atoms with Gasteiger partial charge in [-0.15, -0.1) is 0 Å². The Morgan fingerprint density at radius 3 is 2.60 bits per heavy atom. The molecule has 0 bridgehead atoms. The van der Waals surface area contributed by atoms with E-state index in [2.05, 4.69) is 13.0 Å². The Balaban J connectivity index is 1.51. The normalized spacial score (nSPS) is 26.8. The van der Waals surface area contributed by atoms with Gasteiger partial charge >= 0.3 is 0 Å². The minimum absolute atomic E-state index is 0.0183. The van der Waals surface area contributed by atoms with Crippen molar-refractivity contribution in [2.45, 2.75) is 71.1 Å². The van der Waals surface area contributed by atoms with E-state index in [1.54, 1.807) is 12.1 Å². The second kappa shape index (κ2) is 9.49. The van der Waals surface area contributed by atoms with E-state index in [0.717, 1.165) is 23.3 Å². The molecule has 30 heavy (non-hydrogen) atoms. The van der Waals surface area contributed by atoms with E-state index in [4.69, 9.17) is 4.74 Å². The molecule has 2 saturated carbocycles. The Morgan fingerprint density at radius 2 is 1.80 bits per heavy atom. The largest absolute Gasteiger partial charge is 0.486 e. The molecular weight excluding hydrogens is 378 g/mol. The van der Waals surface area contributed by atoms with Gasteiger partial charge in [0.05, 0.1) is 0 Å². The van der Waals surface area contributed by atoms with E-state index in [9.17, 15) is 8.78 Å². The number of halogens is 2. The highest BCUT2D eigenvalue weighted by molar-refractivity contribution is 5.85. The van der Waals surface area contributed by atoms with Crippen LogP contribution in [0.1, 0.15) is 76.7 Å². The Kier molecular flexibility index (Phi) is 6.75. The summed E-state index contributed by atoms with van der Waals surface area (Å²) in [5.74, 6) is 1.37. The molecule has 4 rings (SSSR count). The van der Waals surface area contributed by atoms with Crippen LogP contribution in [0.2, 0.25) is 0 Å². The van der Waals surface area contributed by atoms with Crippen LogP contribution >= 0.6 is 0 Å². The van der Waals surface area contributed by atoms with Crippen molar-refractivity contribution < 1.29 is 13.5 Å². The molecule has 3 heteroatoms. The fraction of sp³-hybridized carbons (Fsp3) is 0.556. The fourth-order valence-corrected chi connectivity index (χ4v) is 5.87. The Labute approximate surface area is 179 Å². The van der Waals surface area contributed by atoms with Crippen LogP contribution in [0.4, 0.5) is 8.78 Å². The summed E-state index contributed by atoms with van der Waals surface area (Å²) in [6, 6.07) is 7.55. The molecule has 1 nitrogen and oxygen atoms in total. The van der Waals surface area contributed by atoms with Gasteiger partial charge in [-0.05, 0) is 85.8 Å². The third kappa shape index (κ3) is 4.40. The Hall–Kier alpha value is -1.90. The lowest BCUT2D eigenvalue weighted by Gasteiger charge is -2.42. The quantitative estimate of drug-likeness (QED) is 0.435. The Bertz CT molecular complexity index is 903. The highest BCUT2D eigenvalue weighted by Crippen LogP contribution is 2.48. The van der Waals surface area contributed by atoms with E-state index in [-0.39, 0.29) is 12.4 Å². The summed E-state index contributed by atoms with van der Waals surface area (Å²) in [5, 5.41) is 1.07. The average molecular weight is 413 g/mol. The second-order valence-electron chi connectivity index (χ2n) is 9.36. The van der Waals surface area contributed by atoms with Gasteiger partial charge in [0, 0.05) is 5.39 Å². The number of ether oxygens (including phenoxy) is 1. The summed E-state index contributed by atoms with van der Waals surface area (Å²) in [4.78, 5) is 0. The number of hydrogen-bond donors (Lipinski definition) is 0. The van der Waals surface area contributed by atoms with Gasteiger partial charge in [-0.2, -0.15) is 4.39 Å². The third-order valence-electron chi connectivity index (χ3n) is 7.47. The zero-order chi connectivity index (χ0) is 21.1. The summed E-state index contributed by atoms with van der Waals surface area (Å²) in [6.45, 7) is 4.40. The zero-order valence-corrected chi connectivity index (χ0v) is 18.3. The van der Waals surface area contributed by atoms with Crippen molar-refractivity contribution in [3.8, 4) is 5.75 Å². The van der Waals surface area contributed by atoms with E-state index >= 15 is 0 Å². The smallest absolute Gasteiger partial charge is 0.201 e. The number of rotatable bonds is 6. The summed E-state index contributed by atoms with van der Waals surface area (Å²) < 4.78 is 34.8. The number of benzene rings is 2. The van der Waals surface area contributed by atoms with Gasteiger partial charge in [-0.1, -0.05) is 50.5 Å². The molecule has 2 aliphatic rings. The molecular formula is C27H34F2O. The molecule has 2 aromatic rings. The summed E-state index contributed by atoms with van der Waals surface area (Å²) in [6.07, 6.45) is 14.0. The predicted molar refractivity (Wildman–Crippen MR) is 120 cm³/mol. The van der Waals surface area contributed by atoms with E-state index in [1.807, 2.05) is 25.1 Å². The van der Waals surface area contributed by atoms with Crippen molar-refractivity contribution in [2.75, 3.05) is 6.61 Å². The van der Waals surface area contributed by atoms with Gasteiger partial charge in [0.1, 0.15) is 6.61 Å². The maximum Gasteiger partial charge on any atom is 0.201 e. The first-order valence-electron chi connectivity index (χ1n) is 11.8. The minimum Gasteiger partial charge on any atom is -0.486 e. The number of allylic oxidation sites excluding steroid dienone is 1. The standard InChI is InChI=1S/C27H34F2O/c1-3-5-13-30-25-17-23-12-11-22(16-24(23)26(28)27(25)29)21-10-9-19-14-18(6-4-2)7-8-20(19)15-21/h3,5,11-12,16-21H,4,6-10,13-15H2,1-2H3/b5-3+. The first-order chi connectivity index (χ1) is 14.6. The van der Waals surface area contributed by atoms with Crippen LogP contribution in [0.3, 0.4) is 0 Å². The molecule has 4 unspecified atom stereocenters. The Morgan fingerprint density at radius 1 is 1.00 bits per heavy atom. The highest BCUT2D eigenvalue weighted by Gasteiger charge is 2.35. The number of hydrogen-bond acceptors (Lipinski definition) is 1. The monoisotopic (exact) mass is 412 g/mol. The van der Waals surface area contributed by atoms with Crippen molar-refractivity contribution in [1.82, 2.24) is 0 Å². The lowest BCUT2D eigenvalue weighted by Crippen LogP contribution is -2.30. The first-order valence-corrected chi connectivity index (χ1v) is 11.8. The molecule has 0 spiro atoms. The van der Waals surface area contributed by atoms with Crippen molar-refractivity contribution in [1.29, 1.82) is 0 Å². The topological polar surface area (TPSA) is 9.23 Å². The van der Waals surface area contributed by atoms with Crippen LogP contribution in [0, 0.1) is 29.4 Å². The van der Waals surface area contributed by atoms with Crippen LogP contribution in [-0.2, 0) is 0 Å². The molecule has 0 saturated heterocycles. The van der Waals surface area contributed by atoms with Gasteiger partial charge in [0.25, 0.3) is 0 Å². The van der Waals surface area contributed by atoms with Crippen LogP contribution in [0.25, 0.3) is 10.8 Å². The van der Waals surface area contributed by atoms with Crippen molar-refractivity contribution >= 4 is 10.8 Å². The van der Waals surface area contributed by atoms with Crippen LogP contribution in [-0.4, -0.2) is 6.61 Å². The molecule has 2 aliphatic carbocycles. The molecule has 0 amide bonds. The van der Waals surface area contributed by atoms with Gasteiger partial charge in [-0.25, -0.2) is 4.39 Å². The van der Waals surface area contributed by atoms with Crippen LogP contribution in [0.5, 0.6) is 5.75 Å². The molecule has 4 atom stereocenters. The SMILES string of the molecule is C/C=C/COc1cc2ccc(C3CCC4CC(CCC)CCC4C3)cc2c(F)c1F. The molecule has 2 aromatic carbocycles. The van der Waals surface area contributed by atoms with Gasteiger partial charge < -0.3 is 4.74 Å². The molecule has 0 aromatic heterocycles. The molecule has 162 valence electrons. The van der Waals surface area contributed by atoms with Crippen molar-refractivity contribution in [3.63, 3.8) is 0 Å². The second-order valence-corrected chi connectivity index (χ2v) is 9.36. The maximum atomic E-state index is 14.8. The number of fused-ring (bicyclic) bond motifs is 2. The van der Waals surface area contributed by atoms with E-state index < -0.39 is 11.6 Å². The maximum absolute atomic E-state index is 14.8. The predicted octanol–water partition coefficient (Wildman–Crippen LogP) is 8.17. The average Bonchev–Trinajstić information content (AvgIpc) is 2.77. The molecule has 0 N–H and O–H groups in total. The van der Waals surface area contributed by atoms with E-state index in [0.29, 0.717) is 16.7 Å². The van der Waals surface area contributed by atoms with Gasteiger partial charge in [-0.3, -0.25) is 0 Å². The molecule has 2 fully saturated rings.